The molecule has 144 valence electrons. The average molecular weight is 361 g/mol. The Morgan fingerprint density at radius 3 is 2.73 bits per heavy atom. The van der Waals surface area contributed by atoms with E-state index in [9.17, 15) is 4.79 Å². The molecule has 6 heteroatoms. The molecule has 26 heavy (non-hydrogen) atoms. The standard InChI is InChI=1S/C20H32N4O2/c1-3-26-19-9-5-4-8-18(19)22-20(25)21-16-7-6-12-24(15-16)17-10-13-23(2)14-11-17/h4-5,8-9,16-17H,3,6-7,10-15H2,1-2H3,(H2,21,22,25). The molecular formula is C20H32N4O2. The molecule has 1 aromatic rings. The minimum Gasteiger partial charge on any atom is -0.492 e. The van der Waals surface area contributed by atoms with E-state index in [1.807, 2.05) is 31.2 Å². The molecule has 3 rings (SSSR count). The molecule has 0 aromatic heterocycles. The molecule has 1 aromatic carbocycles. The zero-order chi connectivity index (χ0) is 18.4. The van der Waals surface area contributed by atoms with Crippen LogP contribution in [-0.2, 0) is 0 Å². The molecular weight excluding hydrogens is 328 g/mol. The molecule has 6 nitrogen and oxygen atoms in total. The molecule has 0 radical (unpaired) electrons. The fourth-order valence-electron chi connectivity index (χ4n) is 4.01. The van der Waals surface area contributed by atoms with Gasteiger partial charge in [0.05, 0.1) is 12.3 Å². The van der Waals surface area contributed by atoms with Crippen LogP contribution in [0.1, 0.15) is 32.6 Å². The quantitative estimate of drug-likeness (QED) is 0.848. The van der Waals surface area contributed by atoms with Crippen molar-refractivity contribution in [3.05, 3.63) is 24.3 Å². The lowest BCUT2D eigenvalue weighted by Crippen LogP contribution is -2.53. The highest BCUT2D eigenvalue weighted by Crippen LogP contribution is 2.24. The number of benzene rings is 1. The van der Waals surface area contributed by atoms with Gasteiger partial charge in [0.2, 0.25) is 0 Å². The molecule has 2 heterocycles. The second-order valence-electron chi connectivity index (χ2n) is 7.40. The summed E-state index contributed by atoms with van der Waals surface area (Å²) in [5.41, 5.74) is 0.717. The van der Waals surface area contributed by atoms with Crippen molar-refractivity contribution in [3.63, 3.8) is 0 Å². The number of nitrogens with zero attached hydrogens (tertiary/aromatic N) is 2. The van der Waals surface area contributed by atoms with Crippen LogP contribution in [0.3, 0.4) is 0 Å². The minimum absolute atomic E-state index is 0.146. The van der Waals surface area contributed by atoms with E-state index in [2.05, 4.69) is 27.5 Å². The number of anilines is 1. The van der Waals surface area contributed by atoms with Crippen LogP contribution in [0.25, 0.3) is 0 Å². The number of piperidine rings is 2. The zero-order valence-corrected chi connectivity index (χ0v) is 16.0. The topological polar surface area (TPSA) is 56.8 Å². The second kappa shape index (κ2) is 9.24. The number of likely N-dealkylation sites (tertiary alicyclic amines) is 2. The first-order valence-corrected chi connectivity index (χ1v) is 9.87. The van der Waals surface area contributed by atoms with E-state index in [4.69, 9.17) is 4.74 Å². The van der Waals surface area contributed by atoms with Crippen LogP contribution < -0.4 is 15.4 Å². The molecule has 0 saturated carbocycles. The van der Waals surface area contributed by atoms with Crippen molar-refractivity contribution in [3.8, 4) is 5.75 Å². The minimum atomic E-state index is -0.146. The number of para-hydroxylation sites is 2. The van der Waals surface area contributed by atoms with Crippen molar-refractivity contribution in [1.29, 1.82) is 0 Å². The number of amides is 2. The Morgan fingerprint density at radius 1 is 1.19 bits per heavy atom. The van der Waals surface area contributed by atoms with Crippen LogP contribution in [0, 0.1) is 0 Å². The van der Waals surface area contributed by atoms with Gasteiger partial charge in [-0.2, -0.15) is 0 Å². The summed E-state index contributed by atoms with van der Waals surface area (Å²) < 4.78 is 5.58. The van der Waals surface area contributed by atoms with Gasteiger partial charge in [0.25, 0.3) is 0 Å². The summed E-state index contributed by atoms with van der Waals surface area (Å²) in [6, 6.07) is 8.29. The lowest BCUT2D eigenvalue weighted by atomic mass is 9.98. The number of hydrogen-bond acceptors (Lipinski definition) is 4. The number of ether oxygens (including phenoxy) is 1. The first-order chi connectivity index (χ1) is 12.7. The van der Waals surface area contributed by atoms with Crippen molar-refractivity contribution in [2.24, 2.45) is 0 Å². The van der Waals surface area contributed by atoms with Gasteiger partial charge >= 0.3 is 6.03 Å². The first kappa shape index (κ1) is 19.0. The molecule has 1 unspecified atom stereocenters. The summed E-state index contributed by atoms with van der Waals surface area (Å²) in [5.74, 6) is 0.710. The summed E-state index contributed by atoms with van der Waals surface area (Å²) in [5, 5.41) is 6.10. The normalized spacial score (nSPS) is 22.8. The molecule has 2 N–H and O–H groups in total. The van der Waals surface area contributed by atoms with Crippen LogP contribution in [0.4, 0.5) is 10.5 Å². The highest BCUT2D eigenvalue weighted by molar-refractivity contribution is 5.91. The van der Waals surface area contributed by atoms with E-state index in [1.54, 1.807) is 0 Å². The molecule has 2 saturated heterocycles. The van der Waals surface area contributed by atoms with Crippen LogP contribution in [0.2, 0.25) is 0 Å². The van der Waals surface area contributed by atoms with Crippen LogP contribution >= 0.6 is 0 Å². The maximum Gasteiger partial charge on any atom is 0.319 e. The number of rotatable bonds is 5. The molecule has 2 fully saturated rings. The molecule has 1 atom stereocenters. The third kappa shape index (κ3) is 5.11. The molecule has 0 aliphatic carbocycles. The highest BCUT2D eigenvalue weighted by atomic mass is 16.5. The van der Waals surface area contributed by atoms with E-state index in [1.165, 1.54) is 25.9 Å². The van der Waals surface area contributed by atoms with Crippen molar-refractivity contribution < 1.29 is 9.53 Å². The fraction of sp³-hybridized carbons (Fsp3) is 0.650. The van der Waals surface area contributed by atoms with E-state index in [0.29, 0.717) is 18.4 Å². The zero-order valence-electron chi connectivity index (χ0n) is 16.0. The molecule has 2 amide bonds. The third-order valence-corrected chi connectivity index (χ3v) is 5.43. The SMILES string of the molecule is CCOc1ccccc1NC(=O)NC1CCCN(C2CCN(C)CC2)C1. The van der Waals surface area contributed by atoms with Crippen molar-refractivity contribution in [1.82, 2.24) is 15.1 Å². The molecule has 0 bridgehead atoms. The predicted octanol–water partition coefficient (Wildman–Crippen LogP) is 2.77. The van der Waals surface area contributed by atoms with Gasteiger partial charge < -0.3 is 20.3 Å². The van der Waals surface area contributed by atoms with Gasteiger partial charge in [0, 0.05) is 18.6 Å². The monoisotopic (exact) mass is 360 g/mol. The van der Waals surface area contributed by atoms with Crippen LogP contribution in [-0.4, -0.2) is 67.7 Å². The van der Waals surface area contributed by atoms with Crippen molar-refractivity contribution >= 4 is 11.7 Å². The van der Waals surface area contributed by atoms with E-state index >= 15 is 0 Å². The Balaban J connectivity index is 1.51. The fourth-order valence-corrected chi connectivity index (χ4v) is 4.01. The second-order valence-corrected chi connectivity index (χ2v) is 7.40. The number of nitrogens with one attached hydrogen (secondary N) is 2. The summed E-state index contributed by atoms with van der Waals surface area (Å²) in [6.07, 6.45) is 4.66. The number of carbonyl (C=O) groups is 1. The first-order valence-electron chi connectivity index (χ1n) is 9.87. The number of carbonyl (C=O) groups excluding carboxylic acids is 1. The largest absolute Gasteiger partial charge is 0.492 e. The van der Waals surface area contributed by atoms with Gasteiger partial charge in [-0.05, 0) is 71.4 Å². The Kier molecular flexibility index (Phi) is 6.74. The van der Waals surface area contributed by atoms with E-state index in [0.717, 1.165) is 31.6 Å². The predicted molar refractivity (Wildman–Crippen MR) is 105 cm³/mol. The van der Waals surface area contributed by atoms with E-state index in [-0.39, 0.29) is 12.1 Å². The lowest BCUT2D eigenvalue weighted by Gasteiger charge is -2.41. The van der Waals surface area contributed by atoms with Crippen LogP contribution in [0.5, 0.6) is 5.75 Å². The van der Waals surface area contributed by atoms with Gasteiger partial charge in [0.15, 0.2) is 0 Å². The van der Waals surface area contributed by atoms with Gasteiger partial charge in [-0.1, -0.05) is 12.1 Å². The summed E-state index contributed by atoms with van der Waals surface area (Å²) in [6.45, 7) is 6.98. The third-order valence-electron chi connectivity index (χ3n) is 5.43. The molecule has 2 aliphatic rings. The van der Waals surface area contributed by atoms with E-state index < -0.39 is 0 Å². The summed E-state index contributed by atoms with van der Waals surface area (Å²) in [4.78, 5) is 17.4. The van der Waals surface area contributed by atoms with Gasteiger partial charge in [-0.3, -0.25) is 4.90 Å². The number of urea groups is 1. The smallest absolute Gasteiger partial charge is 0.319 e. The van der Waals surface area contributed by atoms with Gasteiger partial charge in [-0.25, -0.2) is 4.79 Å². The Bertz CT molecular complexity index is 587. The Labute approximate surface area is 156 Å². The lowest BCUT2D eigenvalue weighted by molar-refractivity contribution is 0.0900. The van der Waals surface area contributed by atoms with Crippen molar-refractivity contribution in [2.75, 3.05) is 45.2 Å². The van der Waals surface area contributed by atoms with Gasteiger partial charge in [0.1, 0.15) is 5.75 Å². The molecule has 0 spiro atoms. The maximum atomic E-state index is 12.5. The van der Waals surface area contributed by atoms with Gasteiger partial charge in [-0.15, -0.1) is 0 Å². The number of hydrogen-bond donors (Lipinski definition) is 2. The Hall–Kier alpha value is -1.79. The van der Waals surface area contributed by atoms with Crippen LogP contribution in [0.15, 0.2) is 24.3 Å². The summed E-state index contributed by atoms with van der Waals surface area (Å²) >= 11 is 0. The maximum absolute atomic E-state index is 12.5. The summed E-state index contributed by atoms with van der Waals surface area (Å²) in [7, 11) is 2.20. The Morgan fingerprint density at radius 2 is 1.96 bits per heavy atom. The van der Waals surface area contributed by atoms with Crippen molar-refractivity contribution in [2.45, 2.75) is 44.7 Å². The average Bonchev–Trinajstić information content (AvgIpc) is 2.64. The highest BCUT2D eigenvalue weighted by Gasteiger charge is 2.28. The molecule has 2 aliphatic heterocycles.